The molecular weight excluding hydrogens is 238 g/mol. The molecule has 0 spiro atoms. The van der Waals surface area contributed by atoms with Gasteiger partial charge in [0.25, 0.3) is 0 Å². The van der Waals surface area contributed by atoms with Gasteiger partial charge in [0.2, 0.25) is 0 Å². The van der Waals surface area contributed by atoms with Gasteiger partial charge in [0.15, 0.2) is 0 Å². The molecule has 1 aromatic heterocycles. The molecule has 0 radical (unpaired) electrons. The number of hydrogen-bond acceptors (Lipinski definition) is 3. The van der Waals surface area contributed by atoms with Crippen LogP contribution in [-0.2, 0) is 4.74 Å². The van der Waals surface area contributed by atoms with Crippen LogP contribution in [0.1, 0.15) is 31.0 Å². The standard InChI is InChI=1S/C15H19N3O/c16-15(14-8-4-5-11-19-14)13-9-10-17-18(13)12-6-2-1-3-7-12/h1-3,6-7,9-10,14-15H,4-5,8,11,16H2. The molecule has 3 rings (SSSR count). The maximum Gasteiger partial charge on any atom is 0.0783 e. The minimum atomic E-state index is -0.122. The molecule has 2 atom stereocenters. The second-order valence-corrected chi connectivity index (χ2v) is 4.93. The fourth-order valence-electron chi connectivity index (χ4n) is 2.59. The summed E-state index contributed by atoms with van der Waals surface area (Å²) in [6.45, 7) is 0.817. The van der Waals surface area contributed by atoms with Crippen molar-refractivity contribution >= 4 is 0 Å². The third-order valence-electron chi connectivity index (χ3n) is 3.63. The summed E-state index contributed by atoms with van der Waals surface area (Å²) in [6.07, 6.45) is 5.26. The molecule has 1 aromatic carbocycles. The molecule has 0 amide bonds. The summed E-state index contributed by atoms with van der Waals surface area (Å²) in [5.41, 5.74) is 8.41. The van der Waals surface area contributed by atoms with Crippen molar-refractivity contribution in [2.24, 2.45) is 5.73 Å². The zero-order valence-electron chi connectivity index (χ0n) is 10.9. The highest BCUT2D eigenvalue weighted by Crippen LogP contribution is 2.25. The molecule has 100 valence electrons. The fourth-order valence-corrected chi connectivity index (χ4v) is 2.59. The zero-order valence-corrected chi connectivity index (χ0v) is 10.9. The van der Waals surface area contributed by atoms with Gasteiger partial charge >= 0.3 is 0 Å². The molecule has 4 nitrogen and oxygen atoms in total. The van der Waals surface area contributed by atoms with Crippen LogP contribution in [0.5, 0.6) is 0 Å². The third kappa shape index (κ3) is 2.55. The smallest absolute Gasteiger partial charge is 0.0783 e. The molecular formula is C15H19N3O. The largest absolute Gasteiger partial charge is 0.376 e. The molecule has 19 heavy (non-hydrogen) atoms. The minimum Gasteiger partial charge on any atom is -0.376 e. The highest BCUT2D eigenvalue weighted by Gasteiger charge is 2.25. The molecule has 4 heteroatoms. The van der Waals surface area contributed by atoms with Gasteiger partial charge in [0.1, 0.15) is 0 Å². The average molecular weight is 257 g/mol. The Balaban J connectivity index is 1.87. The van der Waals surface area contributed by atoms with Crippen molar-refractivity contribution in [3.8, 4) is 5.69 Å². The lowest BCUT2D eigenvalue weighted by molar-refractivity contribution is -0.00118. The monoisotopic (exact) mass is 257 g/mol. The van der Waals surface area contributed by atoms with Crippen molar-refractivity contribution in [3.63, 3.8) is 0 Å². The molecule has 0 aliphatic carbocycles. The van der Waals surface area contributed by atoms with Crippen LogP contribution in [0.25, 0.3) is 5.69 Å². The highest BCUT2D eigenvalue weighted by molar-refractivity contribution is 5.33. The Morgan fingerprint density at radius 1 is 1.21 bits per heavy atom. The van der Waals surface area contributed by atoms with Crippen molar-refractivity contribution in [1.82, 2.24) is 9.78 Å². The summed E-state index contributed by atoms with van der Waals surface area (Å²) in [6, 6.07) is 11.9. The first-order valence-electron chi connectivity index (χ1n) is 6.83. The van der Waals surface area contributed by atoms with Crippen molar-refractivity contribution in [1.29, 1.82) is 0 Å². The third-order valence-corrected chi connectivity index (χ3v) is 3.63. The van der Waals surface area contributed by atoms with Crippen LogP contribution in [-0.4, -0.2) is 22.5 Å². The van der Waals surface area contributed by atoms with E-state index in [2.05, 4.69) is 5.10 Å². The van der Waals surface area contributed by atoms with Crippen LogP contribution in [0.15, 0.2) is 42.6 Å². The van der Waals surface area contributed by atoms with Gasteiger partial charge in [-0.25, -0.2) is 4.68 Å². The van der Waals surface area contributed by atoms with E-state index >= 15 is 0 Å². The maximum atomic E-state index is 6.37. The number of benzene rings is 1. The summed E-state index contributed by atoms with van der Waals surface area (Å²) in [5.74, 6) is 0. The molecule has 2 unspecified atom stereocenters. The van der Waals surface area contributed by atoms with Crippen LogP contribution in [0.3, 0.4) is 0 Å². The Morgan fingerprint density at radius 3 is 2.79 bits per heavy atom. The Hall–Kier alpha value is -1.65. The summed E-state index contributed by atoms with van der Waals surface area (Å²) in [5, 5.41) is 4.38. The first kappa shape index (κ1) is 12.4. The molecule has 2 heterocycles. The predicted octanol–water partition coefficient (Wildman–Crippen LogP) is 2.44. The van der Waals surface area contributed by atoms with Crippen molar-refractivity contribution in [3.05, 3.63) is 48.3 Å². The summed E-state index contributed by atoms with van der Waals surface area (Å²) in [7, 11) is 0. The Morgan fingerprint density at radius 2 is 2.05 bits per heavy atom. The van der Waals surface area contributed by atoms with Crippen molar-refractivity contribution in [2.45, 2.75) is 31.4 Å². The number of aromatic nitrogens is 2. The van der Waals surface area contributed by atoms with Crippen molar-refractivity contribution in [2.75, 3.05) is 6.61 Å². The first-order chi connectivity index (χ1) is 9.36. The predicted molar refractivity (Wildman–Crippen MR) is 74.1 cm³/mol. The second-order valence-electron chi connectivity index (χ2n) is 4.93. The number of hydrogen-bond donors (Lipinski definition) is 1. The fraction of sp³-hybridized carbons (Fsp3) is 0.400. The van der Waals surface area contributed by atoms with E-state index in [1.807, 2.05) is 41.1 Å². The number of ether oxygens (including phenoxy) is 1. The quantitative estimate of drug-likeness (QED) is 0.918. The van der Waals surface area contributed by atoms with E-state index in [-0.39, 0.29) is 12.1 Å². The molecule has 2 N–H and O–H groups in total. The lowest BCUT2D eigenvalue weighted by atomic mass is 10.0. The van der Waals surface area contributed by atoms with Gasteiger partial charge in [0.05, 0.1) is 23.5 Å². The molecule has 1 fully saturated rings. The Bertz CT molecular complexity index is 517. The SMILES string of the molecule is NC(c1ccnn1-c1ccccc1)C1CCCCO1. The average Bonchev–Trinajstić information content (AvgIpc) is 2.98. The summed E-state index contributed by atoms with van der Waals surface area (Å²) < 4.78 is 7.69. The summed E-state index contributed by atoms with van der Waals surface area (Å²) in [4.78, 5) is 0. The van der Waals surface area contributed by atoms with E-state index in [9.17, 15) is 0 Å². The number of nitrogens with zero attached hydrogens (tertiary/aromatic N) is 2. The normalized spacial score (nSPS) is 21.2. The molecule has 1 aliphatic rings. The second kappa shape index (κ2) is 5.55. The van der Waals surface area contributed by atoms with E-state index in [0.717, 1.165) is 30.8 Å². The highest BCUT2D eigenvalue weighted by atomic mass is 16.5. The van der Waals surface area contributed by atoms with E-state index in [1.54, 1.807) is 6.20 Å². The minimum absolute atomic E-state index is 0.105. The van der Waals surface area contributed by atoms with Crippen LogP contribution in [0.2, 0.25) is 0 Å². The van der Waals surface area contributed by atoms with Gasteiger partial charge in [0, 0.05) is 12.8 Å². The lowest BCUT2D eigenvalue weighted by Crippen LogP contribution is -2.33. The van der Waals surface area contributed by atoms with Gasteiger partial charge in [-0.2, -0.15) is 5.10 Å². The maximum absolute atomic E-state index is 6.37. The van der Waals surface area contributed by atoms with Crippen molar-refractivity contribution < 1.29 is 4.74 Å². The zero-order chi connectivity index (χ0) is 13.1. The van der Waals surface area contributed by atoms with E-state index < -0.39 is 0 Å². The van der Waals surface area contributed by atoms with E-state index in [0.29, 0.717) is 0 Å². The van der Waals surface area contributed by atoms with E-state index in [4.69, 9.17) is 10.5 Å². The number of nitrogens with two attached hydrogens (primary N) is 1. The summed E-state index contributed by atoms with van der Waals surface area (Å²) >= 11 is 0. The van der Waals surface area contributed by atoms with E-state index in [1.165, 1.54) is 6.42 Å². The lowest BCUT2D eigenvalue weighted by Gasteiger charge is -2.28. The molecule has 2 aromatic rings. The van der Waals surface area contributed by atoms with Gasteiger partial charge in [-0.15, -0.1) is 0 Å². The first-order valence-corrected chi connectivity index (χ1v) is 6.83. The number of rotatable bonds is 3. The Labute approximate surface area is 113 Å². The van der Waals surface area contributed by atoms with Crippen LogP contribution in [0, 0.1) is 0 Å². The van der Waals surface area contributed by atoms with Crippen LogP contribution >= 0.6 is 0 Å². The van der Waals surface area contributed by atoms with Gasteiger partial charge < -0.3 is 10.5 Å². The number of para-hydroxylation sites is 1. The van der Waals surface area contributed by atoms with Gasteiger partial charge in [-0.3, -0.25) is 0 Å². The van der Waals surface area contributed by atoms with Gasteiger partial charge in [-0.05, 0) is 37.5 Å². The van der Waals surface area contributed by atoms with Crippen LogP contribution < -0.4 is 5.73 Å². The van der Waals surface area contributed by atoms with Gasteiger partial charge in [-0.1, -0.05) is 18.2 Å². The Kier molecular flexibility index (Phi) is 3.62. The molecule has 1 aliphatic heterocycles. The molecule has 0 bridgehead atoms. The molecule has 1 saturated heterocycles. The topological polar surface area (TPSA) is 53.1 Å². The van der Waals surface area contributed by atoms with Crippen LogP contribution in [0.4, 0.5) is 0 Å². The molecule has 0 saturated carbocycles.